The molecule has 2 heterocycles. The zero-order chi connectivity index (χ0) is 17.4. The first-order valence-corrected chi connectivity index (χ1v) is 8.33. The predicted octanol–water partition coefficient (Wildman–Crippen LogP) is 2.98. The molecule has 25 heavy (non-hydrogen) atoms. The molecule has 7 nitrogen and oxygen atoms in total. The summed E-state index contributed by atoms with van der Waals surface area (Å²) >= 11 is 0. The molecule has 7 heteroatoms. The second kappa shape index (κ2) is 6.23. The first-order chi connectivity index (χ1) is 12.2. The molecule has 1 aliphatic carbocycles. The van der Waals surface area contributed by atoms with Crippen molar-refractivity contribution in [2.75, 3.05) is 25.2 Å². The van der Waals surface area contributed by atoms with Gasteiger partial charge in [0.15, 0.2) is 0 Å². The molecule has 130 valence electrons. The van der Waals surface area contributed by atoms with Crippen LogP contribution in [0.3, 0.4) is 0 Å². The average Bonchev–Trinajstić information content (AvgIpc) is 3.35. The molecule has 1 saturated carbocycles. The summed E-state index contributed by atoms with van der Waals surface area (Å²) in [6.45, 7) is 1.08. The lowest BCUT2D eigenvalue weighted by atomic mass is 10.0. The summed E-state index contributed by atoms with van der Waals surface area (Å²) < 4.78 is 11.3. The molecule has 0 saturated heterocycles. The third-order valence-corrected chi connectivity index (χ3v) is 4.61. The van der Waals surface area contributed by atoms with Gasteiger partial charge in [-0.3, -0.25) is 4.90 Å². The van der Waals surface area contributed by atoms with Gasteiger partial charge in [-0.15, -0.1) is 0 Å². The van der Waals surface area contributed by atoms with Crippen LogP contribution in [0.1, 0.15) is 18.4 Å². The highest BCUT2D eigenvalue weighted by atomic mass is 16.5. The number of anilines is 1. The van der Waals surface area contributed by atoms with E-state index in [9.17, 15) is 9.90 Å². The SMILES string of the molecule is COc1ccc(OCC2CC2)c(-c2ncnc3c2CCN3C(=O)O)c1. The van der Waals surface area contributed by atoms with Gasteiger partial charge in [0.25, 0.3) is 0 Å². The molecule has 0 radical (unpaired) electrons. The Kier molecular flexibility index (Phi) is 3.91. The standard InChI is InChI=1S/C18H19N3O4/c1-24-12-4-5-15(25-9-11-2-3-11)14(8-12)16-13-6-7-21(18(22)23)17(13)20-10-19-16/h4-5,8,10-11H,2-3,6-7,9H2,1H3,(H,22,23). The van der Waals surface area contributed by atoms with Gasteiger partial charge in [0.1, 0.15) is 23.6 Å². The molecule has 0 unspecified atom stereocenters. The van der Waals surface area contributed by atoms with Crippen LogP contribution < -0.4 is 14.4 Å². The molecule has 1 amide bonds. The summed E-state index contributed by atoms with van der Waals surface area (Å²) in [6, 6.07) is 5.62. The van der Waals surface area contributed by atoms with E-state index in [1.807, 2.05) is 18.2 Å². The van der Waals surface area contributed by atoms with E-state index in [-0.39, 0.29) is 0 Å². The van der Waals surface area contributed by atoms with Gasteiger partial charge in [-0.05, 0) is 43.4 Å². The van der Waals surface area contributed by atoms with E-state index in [1.165, 1.54) is 24.1 Å². The van der Waals surface area contributed by atoms with Crippen LogP contribution in [0.4, 0.5) is 10.6 Å². The minimum atomic E-state index is -1.00. The topological polar surface area (TPSA) is 84.8 Å². The fraction of sp³-hybridized carbons (Fsp3) is 0.389. The van der Waals surface area contributed by atoms with Crippen molar-refractivity contribution in [1.82, 2.24) is 9.97 Å². The molecule has 4 rings (SSSR count). The largest absolute Gasteiger partial charge is 0.497 e. The van der Waals surface area contributed by atoms with Crippen LogP contribution in [0.5, 0.6) is 11.5 Å². The zero-order valence-electron chi connectivity index (χ0n) is 13.9. The lowest BCUT2D eigenvalue weighted by Crippen LogP contribution is -2.27. The molecule has 1 aliphatic heterocycles. The van der Waals surface area contributed by atoms with Crippen molar-refractivity contribution < 1.29 is 19.4 Å². The number of hydrogen-bond donors (Lipinski definition) is 1. The molecule has 2 aromatic rings. The molecule has 0 bridgehead atoms. The summed E-state index contributed by atoms with van der Waals surface area (Å²) in [5.41, 5.74) is 2.35. The normalized spacial score (nSPS) is 15.8. The molecule has 1 aromatic carbocycles. The van der Waals surface area contributed by atoms with Gasteiger partial charge in [0.05, 0.1) is 19.4 Å². The summed E-state index contributed by atoms with van der Waals surface area (Å²) in [7, 11) is 1.61. The van der Waals surface area contributed by atoms with Crippen LogP contribution in [0.2, 0.25) is 0 Å². The van der Waals surface area contributed by atoms with E-state index in [1.54, 1.807) is 7.11 Å². The first kappa shape index (κ1) is 15.7. The Hall–Kier alpha value is -2.83. The highest BCUT2D eigenvalue weighted by molar-refractivity contribution is 5.89. The molecule has 1 fully saturated rings. The van der Waals surface area contributed by atoms with Crippen molar-refractivity contribution in [3.63, 3.8) is 0 Å². The van der Waals surface area contributed by atoms with Crippen LogP contribution >= 0.6 is 0 Å². The molecular weight excluding hydrogens is 322 g/mol. The van der Waals surface area contributed by atoms with E-state index >= 15 is 0 Å². The number of methoxy groups -OCH3 is 1. The molecule has 2 aliphatic rings. The second-order valence-electron chi connectivity index (χ2n) is 6.33. The number of hydrogen-bond acceptors (Lipinski definition) is 5. The van der Waals surface area contributed by atoms with E-state index in [2.05, 4.69) is 9.97 Å². The lowest BCUT2D eigenvalue weighted by Gasteiger charge is -2.15. The maximum atomic E-state index is 11.4. The van der Waals surface area contributed by atoms with Crippen molar-refractivity contribution >= 4 is 11.9 Å². The number of carbonyl (C=O) groups is 1. The second-order valence-corrected chi connectivity index (χ2v) is 6.33. The van der Waals surface area contributed by atoms with Crippen molar-refractivity contribution in [2.45, 2.75) is 19.3 Å². The Labute approximate surface area is 145 Å². The van der Waals surface area contributed by atoms with Crippen LogP contribution in [-0.2, 0) is 6.42 Å². The number of carboxylic acid groups (broad SMARTS) is 1. The number of benzene rings is 1. The number of aromatic nitrogens is 2. The summed E-state index contributed by atoms with van der Waals surface area (Å²) in [4.78, 5) is 21.2. The van der Waals surface area contributed by atoms with Crippen molar-refractivity contribution in [1.29, 1.82) is 0 Å². The molecule has 1 N–H and O–H groups in total. The van der Waals surface area contributed by atoms with Crippen LogP contribution in [-0.4, -0.2) is 41.4 Å². The van der Waals surface area contributed by atoms with E-state index in [4.69, 9.17) is 9.47 Å². The van der Waals surface area contributed by atoms with E-state index < -0.39 is 6.09 Å². The lowest BCUT2D eigenvalue weighted by molar-refractivity contribution is 0.202. The van der Waals surface area contributed by atoms with Crippen molar-refractivity contribution in [3.05, 3.63) is 30.1 Å². The third kappa shape index (κ3) is 2.97. The van der Waals surface area contributed by atoms with Gasteiger partial charge < -0.3 is 14.6 Å². The van der Waals surface area contributed by atoms with Gasteiger partial charge in [0.2, 0.25) is 0 Å². The average molecular weight is 341 g/mol. The van der Waals surface area contributed by atoms with Gasteiger partial charge in [-0.25, -0.2) is 14.8 Å². The predicted molar refractivity (Wildman–Crippen MR) is 91.3 cm³/mol. The zero-order valence-corrected chi connectivity index (χ0v) is 13.9. The molecule has 1 aromatic heterocycles. The van der Waals surface area contributed by atoms with Gasteiger partial charge >= 0.3 is 6.09 Å². The third-order valence-electron chi connectivity index (χ3n) is 4.61. The Bertz CT molecular complexity index is 820. The first-order valence-electron chi connectivity index (χ1n) is 8.33. The Morgan fingerprint density at radius 1 is 1.36 bits per heavy atom. The van der Waals surface area contributed by atoms with Crippen LogP contribution in [0, 0.1) is 5.92 Å². The molecule has 0 atom stereocenters. The maximum Gasteiger partial charge on any atom is 0.413 e. The summed E-state index contributed by atoms with van der Waals surface area (Å²) in [6.07, 6.45) is 3.40. The minimum absolute atomic E-state index is 0.387. The number of rotatable bonds is 5. The monoisotopic (exact) mass is 341 g/mol. The number of fused-ring (bicyclic) bond motifs is 1. The maximum absolute atomic E-state index is 11.4. The number of ether oxygens (including phenoxy) is 2. The highest BCUT2D eigenvalue weighted by Crippen LogP contribution is 2.40. The van der Waals surface area contributed by atoms with Gasteiger partial charge in [-0.2, -0.15) is 0 Å². The Balaban J connectivity index is 1.77. The van der Waals surface area contributed by atoms with Gasteiger partial charge in [0, 0.05) is 17.7 Å². The molecule has 0 spiro atoms. The van der Waals surface area contributed by atoms with Gasteiger partial charge in [-0.1, -0.05) is 0 Å². The highest BCUT2D eigenvalue weighted by Gasteiger charge is 2.30. The Morgan fingerprint density at radius 3 is 2.92 bits per heavy atom. The summed E-state index contributed by atoms with van der Waals surface area (Å²) in [5.74, 6) is 2.53. The van der Waals surface area contributed by atoms with E-state index in [0.29, 0.717) is 42.8 Å². The summed E-state index contributed by atoms with van der Waals surface area (Å²) in [5, 5.41) is 9.33. The molecular formula is C18H19N3O4. The van der Waals surface area contributed by atoms with Crippen LogP contribution in [0.15, 0.2) is 24.5 Å². The van der Waals surface area contributed by atoms with Crippen molar-refractivity contribution in [3.8, 4) is 22.8 Å². The fourth-order valence-electron chi connectivity index (χ4n) is 3.05. The fourth-order valence-corrected chi connectivity index (χ4v) is 3.05. The number of nitrogens with zero attached hydrogens (tertiary/aromatic N) is 3. The van der Waals surface area contributed by atoms with E-state index in [0.717, 1.165) is 16.9 Å². The van der Waals surface area contributed by atoms with Crippen LogP contribution in [0.25, 0.3) is 11.3 Å². The minimum Gasteiger partial charge on any atom is -0.497 e. The number of amides is 1. The Morgan fingerprint density at radius 2 is 2.20 bits per heavy atom. The smallest absolute Gasteiger partial charge is 0.413 e. The van der Waals surface area contributed by atoms with Crippen molar-refractivity contribution in [2.24, 2.45) is 5.92 Å². The quantitative estimate of drug-likeness (QED) is 0.900.